The highest BCUT2D eigenvalue weighted by Gasteiger charge is 2.24. The Morgan fingerprint density at radius 1 is 1.39 bits per heavy atom. The van der Waals surface area contributed by atoms with Crippen LogP contribution < -0.4 is 11.1 Å². The first-order chi connectivity index (χ1) is 8.66. The second kappa shape index (κ2) is 5.98. The number of carbonyl (C=O) groups excluding carboxylic acids is 1. The number of aliphatic hydroxyl groups excluding tert-OH is 1. The van der Waals surface area contributed by atoms with E-state index in [-0.39, 0.29) is 12.0 Å². The molecule has 0 heterocycles. The van der Waals surface area contributed by atoms with E-state index in [0.717, 1.165) is 24.8 Å². The molecule has 1 saturated carbocycles. The lowest BCUT2D eigenvalue weighted by Gasteiger charge is -2.15. The zero-order valence-corrected chi connectivity index (χ0v) is 10.4. The summed E-state index contributed by atoms with van der Waals surface area (Å²) in [7, 11) is 0. The molecule has 3 atom stereocenters. The van der Waals surface area contributed by atoms with Gasteiger partial charge in [0.1, 0.15) is 6.04 Å². The van der Waals surface area contributed by atoms with Crippen LogP contribution in [-0.4, -0.2) is 23.7 Å². The van der Waals surface area contributed by atoms with Gasteiger partial charge in [0.25, 0.3) is 0 Å². The normalized spacial score (nSPS) is 24.8. The van der Waals surface area contributed by atoms with E-state index in [4.69, 9.17) is 5.73 Å². The van der Waals surface area contributed by atoms with Crippen molar-refractivity contribution in [3.05, 3.63) is 35.9 Å². The SMILES string of the molecule is N[C@H](C(=O)NCC1CCC(O)C1)c1ccccc1. The van der Waals surface area contributed by atoms with Crippen molar-refractivity contribution in [2.24, 2.45) is 11.7 Å². The Bertz CT molecular complexity index is 394. The van der Waals surface area contributed by atoms with Gasteiger partial charge in [0.15, 0.2) is 0 Å². The standard InChI is InChI=1S/C14H20N2O2/c15-13(11-4-2-1-3-5-11)14(18)16-9-10-6-7-12(17)8-10/h1-5,10,12-13,17H,6-9,15H2,(H,16,18)/t10?,12?,13-/m0/s1. The molecule has 0 saturated heterocycles. The first kappa shape index (κ1) is 13.1. The maximum atomic E-state index is 11.9. The second-order valence-corrected chi connectivity index (χ2v) is 4.97. The van der Waals surface area contributed by atoms with Crippen molar-refractivity contribution in [2.75, 3.05) is 6.54 Å². The zero-order chi connectivity index (χ0) is 13.0. The van der Waals surface area contributed by atoms with Gasteiger partial charge < -0.3 is 16.2 Å². The molecule has 4 nitrogen and oxygen atoms in total. The summed E-state index contributed by atoms with van der Waals surface area (Å²) in [5.74, 6) is 0.231. The summed E-state index contributed by atoms with van der Waals surface area (Å²) in [6, 6.07) is 8.73. The summed E-state index contributed by atoms with van der Waals surface area (Å²) >= 11 is 0. The van der Waals surface area contributed by atoms with Crippen LogP contribution in [0.3, 0.4) is 0 Å². The van der Waals surface area contributed by atoms with Gasteiger partial charge in [-0.1, -0.05) is 30.3 Å². The molecule has 0 spiro atoms. The molecule has 2 rings (SSSR count). The van der Waals surface area contributed by atoms with E-state index < -0.39 is 6.04 Å². The molecule has 98 valence electrons. The van der Waals surface area contributed by atoms with Crippen LogP contribution in [0.4, 0.5) is 0 Å². The molecule has 0 bridgehead atoms. The first-order valence-corrected chi connectivity index (χ1v) is 6.43. The minimum Gasteiger partial charge on any atom is -0.393 e. The number of rotatable bonds is 4. The molecule has 0 radical (unpaired) electrons. The van der Waals surface area contributed by atoms with Gasteiger partial charge in [0, 0.05) is 6.54 Å². The number of nitrogens with one attached hydrogen (secondary N) is 1. The van der Waals surface area contributed by atoms with Crippen molar-refractivity contribution in [1.82, 2.24) is 5.32 Å². The molecule has 1 aliphatic carbocycles. The van der Waals surface area contributed by atoms with Gasteiger partial charge in [-0.25, -0.2) is 0 Å². The lowest BCUT2D eigenvalue weighted by atomic mass is 10.1. The van der Waals surface area contributed by atoms with E-state index in [1.54, 1.807) is 0 Å². The summed E-state index contributed by atoms with van der Waals surface area (Å²) < 4.78 is 0. The number of hydrogen-bond acceptors (Lipinski definition) is 3. The van der Waals surface area contributed by atoms with Crippen molar-refractivity contribution >= 4 is 5.91 Å². The Hall–Kier alpha value is -1.39. The highest BCUT2D eigenvalue weighted by Crippen LogP contribution is 2.24. The third kappa shape index (κ3) is 3.31. The lowest BCUT2D eigenvalue weighted by molar-refractivity contribution is -0.122. The van der Waals surface area contributed by atoms with Gasteiger partial charge >= 0.3 is 0 Å². The van der Waals surface area contributed by atoms with Gasteiger partial charge in [-0.2, -0.15) is 0 Å². The number of carbonyl (C=O) groups is 1. The zero-order valence-electron chi connectivity index (χ0n) is 10.4. The van der Waals surface area contributed by atoms with Crippen molar-refractivity contribution in [3.8, 4) is 0 Å². The highest BCUT2D eigenvalue weighted by molar-refractivity contribution is 5.82. The number of nitrogens with two attached hydrogens (primary N) is 1. The molecular weight excluding hydrogens is 228 g/mol. The Balaban J connectivity index is 1.81. The van der Waals surface area contributed by atoms with Gasteiger partial charge in [0.05, 0.1) is 6.10 Å². The molecule has 4 N–H and O–H groups in total. The minimum absolute atomic E-state index is 0.150. The van der Waals surface area contributed by atoms with E-state index in [2.05, 4.69) is 5.32 Å². The van der Waals surface area contributed by atoms with Crippen LogP contribution in [0.25, 0.3) is 0 Å². The van der Waals surface area contributed by atoms with E-state index in [9.17, 15) is 9.90 Å². The summed E-state index contributed by atoms with van der Waals surface area (Å²) in [4.78, 5) is 11.9. The average molecular weight is 248 g/mol. The molecule has 1 amide bonds. The number of hydrogen-bond donors (Lipinski definition) is 3. The van der Waals surface area contributed by atoms with Gasteiger partial charge in [-0.3, -0.25) is 4.79 Å². The summed E-state index contributed by atoms with van der Waals surface area (Å²) in [5, 5.41) is 12.3. The topological polar surface area (TPSA) is 75.4 Å². The van der Waals surface area contributed by atoms with Crippen molar-refractivity contribution < 1.29 is 9.90 Å². The van der Waals surface area contributed by atoms with Crippen LogP contribution in [0.2, 0.25) is 0 Å². The molecule has 1 aromatic carbocycles. The van der Waals surface area contributed by atoms with Gasteiger partial charge in [0.2, 0.25) is 5.91 Å². The predicted octanol–water partition coefficient (Wildman–Crippen LogP) is 0.964. The Labute approximate surface area is 107 Å². The summed E-state index contributed by atoms with van der Waals surface area (Å²) in [6.07, 6.45) is 2.39. The third-order valence-electron chi connectivity index (χ3n) is 3.52. The van der Waals surface area contributed by atoms with Gasteiger partial charge in [-0.05, 0) is 30.7 Å². The molecule has 0 aromatic heterocycles. The van der Waals surface area contributed by atoms with Crippen LogP contribution in [0.5, 0.6) is 0 Å². The predicted molar refractivity (Wildman–Crippen MR) is 69.7 cm³/mol. The number of benzene rings is 1. The number of aliphatic hydroxyl groups is 1. The van der Waals surface area contributed by atoms with E-state index in [1.807, 2.05) is 30.3 Å². The lowest BCUT2D eigenvalue weighted by Crippen LogP contribution is -2.36. The average Bonchev–Trinajstić information content (AvgIpc) is 2.82. The van der Waals surface area contributed by atoms with E-state index in [0.29, 0.717) is 12.5 Å². The molecule has 2 unspecified atom stereocenters. The van der Waals surface area contributed by atoms with E-state index in [1.165, 1.54) is 0 Å². The van der Waals surface area contributed by atoms with Crippen LogP contribution >= 0.6 is 0 Å². The summed E-state index contributed by atoms with van der Waals surface area (Å²) in [5.41, 5.74) is 6.71. The minimum atomic E-state index is -0.613. The molecular formula is C14H20N2O2. The third-order valence-corrected chi connectivity index (χ3v) is 3.52. The smallest absolute Gasteiger partial charge is 0.241 e. The molecule has 4 heteroatoms. The molecule has 1 aromatic rings. The van der Waals surface area contributed by atoms with Crippen molar-refractivity contribution in [1.29, 1.82) is 0 Å². The largest absolute Gasteiger partial charge is 0.393 e. The van der Waals surface area contributed by atoms with Crippen molar-refractivity contribution in [2.45, 2.75) is 31.4 Å². The van der Waals surface area contributed by atoms with Crippen LogP contribution in [-0.2, 0) is 4.79 Å². The molecule has 18 heavy (non-hydrogen) atoms. The van der Waals surface area contributed by atoms with Gasteiger partial charge in [-0.15, -0.1) is 0 Å². The molecule has 1 aliphatic rings. The first-order valence-electron chi connectivity index (χ1n) is 6.43. The fraction of sp³-hybridized carbons (Fsp3) is 0.500. The van der Waals surface area contributed by atoms with Crippen LogP contribution in [0, 0.1) is 5.92 Å². The number of amides is 1. The fourth-order valence-corrected chi connectivity index (χ4v) is 2.40. The molecule has 1 fully saturated rings. The monoisotopic (exact) mass is 248 g/mol. The Morgan fingerprint density at radius 2 is 2.11 bits per heavy atom. The van der Waals surface area contributed by atoms with Crippen molar-refractivity contribution in [3.63, 3.8) is 0 Å². The summed E-state index contributed by atoms with van der Waals surface area (Å²) in [6.45, 7) is 0.608. The van der Waals surface area contributed by atoms with Crippen LogP contribution in [0.15, 0.2) is 30.3 Å². The maximum absolute atomic E-state index is 11.9. The quantitative estimate of drug-likeness (QED) is 0.743. The molecule has 0 aliphatic heterocycles. The Kier molecular flexibility index (Phi) is 4.33. The second-order valence-electron chi connectivity index (χ2n) is 4.97. The van der Waals surface area contributed by atoms with E-state index >= 15 is 0 Å². The highest BCUT2D eigenvalue weighted by atomic mass is 16.3. The maximum Gasteiger partial charge on any atom is 0.241 e. The van der Waals surface area contributed by atoms with Crippen LogP contribution in [0.1, 0.15) is 30.9 Å². The Morgan fingerprint density at radius 3 is 2.72 bits per heavy atom. The fourth-order valence-electron chi connectivity index (χ4n) is 2.40.